The van der Waals surface area contributed by atoms with E-state index in [9.17, 15) is 4.79 Å². The number of rotatable bonds is 5. The van der Waals surface area contributed by atoms with Crippen LogP contribution < -0.4 is 10.6 Å². The number of hydrogen-bond donors (Lipinski definition) is 2. The first-order chi connectivity index (χ1) is 14.0. The van der Waals surface area contributed by atoms with Gasteiger partial charge in [0.15, 0.2) is 5.96 Å². The lowest BCUT2D eigenvalue weighted by Gasteiger charge is -2.37. The molecule has 2 heterocycles. The van der Waals surface area contributed by atoms with E-state index in [2.05, 4.69) is 41.4 Å². The summed E-state index contributed by atoms with van der Waals surface area (Å²) in [5.74, 6) is 2.12. The van der Waals surface area contributed by atoms with E-state index < -0.39 is 5.60 Å². The van der Waals surface area contributed by atoms with Gasteiger partial charge >= 0.3 is 6.09 Å². The molecule has 1 aliphatic rings. The molecule has 1 aromatic heterocycles. The summed E-state index contributed by atoms with van der Waals surface area (Å²) >= 11 is 0. The first kappa shape index (κ1) is 27.5. The Morgan fingerprint density at radius 2 is 1.97 bits per heavy atom. The third kappa shape index (κ3) is 9.24. The minimum Gasteiger partial charge on any atom is -0.444 e. The number of carbonyl (C=O) groups excluding carboxylic acids is 1. The van der Waals surface area contributed by atoms with Gasteiger partial charge in [-0.1, -0.05) is 20.8 Å². The van der Waals surface area contributed by atoms with Crippen LogP contribution in [-0.4, -0.2) is 53.2 Å². The van der Waals surface area contributed by atoms with E-state index >= 15 is 0 Å². The first-order valence-corrected chi connectivity index (χ1v) is 11.0. The molecular formula is C22H40IN5O3. The van der Waals surface area contributed by atoms with Crippen LogP contribution in [0.3, 0.4) is 0 Å². The van der Waals surface area contributed by atoms with Crippen molar-refractivity contribution in [1.29, 1.82) is 0 Å². The van der Waals surface area contributed by atoms with E-state index in [0.29, 0.717) is 24.9 Å². The molecule has 9 heteroatoms. The van der Waals surface area contributed by atoms with Gasteiger partial charge in [-0.2, -0.15) is 0 Å². The van der Waals surface area contributed by atoms with E-state index in [0.717, 1.165) is 38.1 Å². The molecule has 0 spiro atoms. The number of nitrogens with one attached hydrogen (secondary N) is 2. The van der Waals surface area contributed by atoms with Gasteiger partial charge in [0.25, 0.3) is 0 Å². The molecule has 1 fully saturated rings. The Labute approximate surface area is 204 Å². The van der Waals surface area contributed by atoms with E-state index in [1.165, 1.54) is 0 Å². The molecule has 178 valence electrons. The molecule has 1 aromatic rings. The van der Waals surface area contributed by atoms with E-state index in [1.807, 2.05) is 32.6 Å². The maximum absolute atomic E-state index is 12.6. The number of nitrogens with zero attached hydrogens (tertiary/aromatic N) is 3. The molecular weight excluding hydrogens is 509 g/mol. The van der Waals surface area contributed by atoms with Crippen molar-refractivity contribution in [2.75, 3.05) is 19.6 Å². The van der Waals surface area contributed by atoms with Crippen molar-refractivity contribution in [3.05, 3.63) is 17.8 Å². The molecule has 1 saturated heterocycles. The second-order valence-electron chi connectivity index (χ2n) is 9.77. The van der Waals surface area contributed by atoms with Crippen LogP contribution in [0.2, 0.25) is 0 Å². The fraction of sp³-hybridized carbons (Fsp3) is 0.773. The molecule has 0 radical (unpaired) electrons. The molecule has 8 nitrogen and oxygen atoms in total. The normalized spacial score (nSPS) is 17.7. The largest absolute Gasteiger partial charge is 0.444 e. The lowest BCUT2D eigenvalue weighted by atomic mass is 9.94. The molecule has 0 bridgehead atoms. The highest BCUT2D eigenvalue weighted by Crippen LogP contribution is 2.23. The quantitative estimate of drug-likeness (QED) is 0.321. The molecule has 2 rings (SSSR count). The van der Waals surface area contributed by atoms with E-state index in [-0.39, 0.29) is 41.5 Å². The predicted molar refractivity (Wildman–Crippen MR) is 134 cm³/mol. The minimum atomic E-state index is -0.495. The standard InChI is InChI=1S/C22H39N5O3.HI/c1-8-23-19(26-15-18-24-14-17(29-18)21(2,3)4)25-13-16-11-9-10-12-27(16)20(28)30-22(5,6)7;/h14,16H,8-13,15H2,1-7H3,(H2,23,25,26);1H. The van der Waals surface area contributed by atoms with Crippen LogP contribution in [-0.2, 0) is 16.7 Å². The molecule has 1 aliphatic heterocycles. The average Bonchev–Trinajstić information content (AvgIpc) is 3.12. The lowest BCUT2D eigenvalue weighted by Crippen LogP contribution is -2.52. The number of aliphatic imine (C=N–C) groups is 1. The van der Waals surface area contributed by atoms with Crippen LogP contribution in [0, 0.1) is 0 Å². The van der Waals surface area contributed by atoms with Crippen LogP contribution >= 0.6 is 24.0 Å². The summed E-state index contributed by atoms with van der Waals surface area (Å²) in [4.78, 5) is 23.4. The number of ether oxygens (including phenoxy) is 1. The highest BCUT2D eigenvalue weighted by Gasteiger charge is 2.30. The van der Waals surface area contributed by atoms with Crippen LogP contribution in [0.15, 0.2) is 15.6 Å². The second-order valence-corrected chi connectivity index (χ2v) is 9.77. The summed E-state index contributed by atoms with van der Waals surface area (Å²) in [6, 6.07) is 0.0756. The van der Waals surface area contributed by atoms with E-state index in [4.69, 9.17) is 9.15 Å². The maximum atomic E-state index is 12.6. The Morgan fingerprint density at radius 1 is 1.26 bits per heavy atom. The van der Waals surface area contributed by atoms with Gasteiger partial charge in [0.05, 0.1) is 12.2 Å². The predicted octanol–water partition coefficient (Wildman–Crippen LogP) is 4.43. The second kappa shape index (κ2) is 11.9. The Kier molecular flexibility index (Phi) is 10.6. The first-order valence-electron chi connectivity index (χ1n) is 11.0. The van der Waals surface area contributed by atoms with Gasteiger partial charge in [0.2, 0.25) is 5.89 Å². The number of guanidine groups is 1. The average molecular weight is 549 g/mol. The SMILES string of the molecule is CCNC(=NCc1ncc(C(C)(C)C)o1)NCC1CCCCN1C(=O)OC(C)(C)C.I. The van der Waals surface area contributed by atoms with Crippen molar-refractivity contribution < 1.29 is 13.9 Å². The van der Waals surface area contributed by atoms with Crippen molar-refractivity contribution in [2.24, 2.45) is 4.99 Å². The van der Waals surface area contributed by atoms with Crippen molar-refractivity contribution in [1.82, 2.24) is 20.5 Å². The zero-order valence-electron chi connectivity index (χ0n) is 20.1. The molecule has 1 atom stereocenters. The van der Waals surface area contributed by atoms with Crippen LogP contribution in [0.25, 0.3) is 0 Å². The summed E-state index contributed by atoms with van der Waals surface area (Å²) in [5, 5.41) is 6.61. The number of piperidine rings is 1. The fourth-order valence-electron chi connectivity index (χ4n) is 3.21. The third-order valence-electron chi connectivity index (χ3n) is 4.77. The van der Waals surface area contributed by atoms with Crippen molar-refractivity contribution in [2.45, 2.75) is 91.3 Å². The molecule has 0 saturated carbocycles. The summed E-state index contributed by atoms with van der Waals surface area (Å²) in [6.45, 7) is 16.4. The number of carbonyl (C=O) groups is 1. The van der Waals surface area contributed by atoms with Crippen LogP contribution in [0.1, 0.15) is 79.4 Å². The number of aromatic nitrogens is 1. The molecule has 0 aliphatic carbocycles. The molecule has 1 amide bonds. The molecule has 2 N–H and O–H groups in total. The monoisotopic (exact) mass is 549 g/mol. The zero-order chi connectivity index (χ0) is 22.4. The zero-order valence-corrected chi connectivity index (χ0v) is 22.4. The molecule has 0 aromatic carbocycles. The van der Waals surface area contributed by atoms with Gasteiger partial charge in [-0.3, -0.25) is 0 Å². The topological polar surface area (TPSA) is 92.0 Å². The Morgan fingerprint density at radius 3 is 2.55 bits per heavy atom. The number of oxazole rings is 1. The lowest BCUT2D eigenvalue weighted by molar-refractivity contribution is 0.0104. The summed E-state index contributed by atoms with van der Waals surface area (Å²) in [5.41, 5.74) is -0.575. The summed E-state index contributed by atoms with van der Waals surface area (Å²) in [7, 11) is 0. The van der Waals surface area contributed by atoms with Gasteiger partial charge in [-0.15, -0.1) is 24.0 Å². The van der Waals surface area contributed by atoms with Gasteiger partial charge in [0.1, 0.15) is 17.9 Å². The van der Waals surface area contributed by atoms with Crippen molar-refractivity contribution in [3.8, 4) is 0 Å². The third-order valence-corrected chi connectivity index (χ3v) is 4.77. The summed E-state index contributed by atoms with van der Waals surface area (Å²) < 4.78 is 11.4. The Bertz CT molecular complexity index is 721. The number of hydrogen-bond acceptors (Lipinski definition) is 5. The number of halogens is 1. The van der Waals surface area contributed by atoms with Gasteiger partial charge in [-0.05, 0) is 47.0 Å². The minimum absolute atomic E-state index is 0. The summed E-state index contributed by atoms with van der Waals surface area (Å²) in [6.07, 6.45) is 4.58. The smallest absolute Gasteiger partial charge is 0.410 e. The molecule has 31 heavy (non-hydrogen) atoms. The fourth-order valence-corrected chi connectivity index (χ4v) is 3.21. The highest BCUT2D eigenvalue weighted by molar-refractivity contribution is 14.0. The highest BCUT2D eigenvalue weighted by atomic mass is 127. The maximum Gasteiger partial charge on any atom is 0.410 e. The Hall–Kier alpha value is -1.52. The van der Waals surface area contributed by atoms with Gasteiger partial charge < -0.3 is 24.7 Å². The molecule has 1 unspecified atom stereocenters. The number of likely N-dealkylation sites (tertiary alicyclic amines) is 1. The van der Waals surface area contributed by atoms with Crippen molar-refractivity contribution >= 4 is 36.0 Å². The Balaban J connectivity index is 0.00000480. The van der Waals surface area contributed by atoms with Crippen molar-refractivity contribution in [3.63, 3.8) is 0 Å². The van der Waals surface area contributed by atoms with E-state index in [1.54, 1.807) is 6.20 Å². The number of amides is 1. The van der Waals surface area contributed by atoms with Gasteiger partial charge in [0, 0.05) is 25.0 Å². The van der Waals surface area contributed by atoms with Crippen LogP contribution in [0.4, 0.5) is 4.79 Å². The van der Waals surface area contributed by atoms with Crippen LogP contribution in [0.5, 0.6) is 0 Å². The van der Waals surface area contributed by atoms with Gasteiger partial charge in [-0.25, -0.2) is 14.8 Å².